The highest BCUT2D eigenvalue weighted by atomic mass is 16.5. The van der Waals surface area contributed by atoms with E-state index in [0.717, 1.165) is 51.6 Å². The Hall–Kier alpha value is -3.07. The van der Waals surface area contributed by atoms with Gasteiger partial charge in [-0.3, -0.25) is 4.79 Å². The van der Waals surface area contributed by atoms with Crippen molar-refractivity contribution >= 4 is 27.7 Å². The highest BCUT2D eigenvalue weighted by Crippen LogP contribution is 2.42. The molecule has 0 amide bonds. The molecule has 0 bridgehead atoms. The average Bonchev–Trinajstić information content (AvgIpc) is 2.99. The van der Waals surface area contributed by atoms with Crippen LogP contribution in [0.4, 0.5) is 0 Å². The molecule has 0 radical (unpaired) electrons. The Kier molecular flexibility index (Phi) is 4.91. The summed E-state index contributed by atoms with van der Waals surface area (Å²) >= 11 is 0. The maximum Gasteiger partial charge on any atom is 0.308 e. The maximum absolute atomic E-state index is 11.7. The molecule has 0 spiro atoms. The Morgan fingerprint density at radius 1 is 1.00 bits per heavy atom. The van der Waals surface area contributed by atoms with Crippen LogP contribution >= 0.6 is 0 Å². The van der Waals surface area contributed by atoms with Crippen LogP contribution in [0.5, 0.6) is 5.75 Å². The van der Waals surface area contributed by atoms with Crippen LogP contribution in [0.25, 0.3) is 32.9 Å². The van der Waals surface area contributed by atoms with Gasteiger partial charge < -0.3 is 9.15 Å². The summed E-state index contributed by atoms with van der Waals surface area (Å²) in [7, 11) is 0. The van der Waals surface area contributed by atoms with Crippen molar-refractivity contribution < 1.29 is 13.9 Å². The van der Waals surface area contributed by atoms with E-state index in [9.17, 15) is 4.79 Å². The van der Waals surface area contributed by atoms with E-state index in [1.165, 1.54) is 23.4 Å². The molecule has 0 atom stereocenters. The fraction of sp³-hybridized carbons (Fsp3) is 0.269. The predicted octanol–water partition coefficient (Wildman–Crippen LogP) is 6.92. The number of hydrogen-bond donors (Lipinski definition) is 0. The molecule has 0 fully saturated rings. The van der Waals surface area contributed by atoms with Gasteiger partial charge in [0.1, 0.15) is 17.1 Å². The monoisotopic (exact) mass is 386 g/mol. The van der Waals surface area contributed by atoms with Crippen LogP contribution in [-0.4, -0.2) is 5.97 Å². The fourth-order valence-corrected chi connectivity index (χ4v) is 4.19. The summed E-state index contributed by atoms with van der Waals surface area (Å²) in [6, 6.07) is 14.9. The van der Waals surface area contributed by atoms with E-state index < -0.39 is 0 Å². The summed E-state index contributed by atoms with van der Waals surface area (Å²) in [5.74, 6) is 1.37. The topological polar surface area (TPSA) is 39.4 Å². The molecule has 0 aliphatic rings. The molecule has 4 aromatic rings. The number of ether oxygens (including phenoxy) is 1. The van der Waals surface area contributed by atoms with Crippen molar-refractivity contribution in [1.82, 2.24) is 0 Å². The normalized spacial score (nSPS) is 11.3. The van der Waals surface area contributed by atoms with Gasteiger partial charge in [-0.05, 0) is 77.9 Å². The Labute approximate surface area is 171 Å². The third kappa shape index (κ3) is 3.21. The van der Waals surface area contributed by atoms with Crippen LogP contribution in [0.3, 0.4) is 0 Å². The van der Waals surface area contributed by atoms with E-state index in [2.05, 4.69) is 63.2 Å². The molecule has 148 valence electrons. The SMILES string of the molecule is CCc1cc(-c2c3ccccc3cc3oc(C)c(C)c23)cc(CC)c1OC(C)=O. The van der Waals surface area contributed by atoms with Gasteiger partial charge in [-0.25, -0.2) is 0 Å². The van der Waals surface area contributed by atoms with Crippen molar-refractivity contribution in [2.45, 2.75) is 47.5 Å². The van der Waals surface area contributed by atoms with Gasteiger partial charge in [0, 0.05) is 17.9 Å². The van der Waals surface area contributed by atoms with E-state index in [-0.39, 0.29) is 5.97 Å². The van der Waals surface area contributed by atoms with Crippen LogP contribution < -0.4 is 4.74 Å². The van der Waals surface area contributed by atoms with Crippen molar-refractivity contribution in [1.29, 1.82) is 0 Å². The van der Waals surface area contributed by atoms with Gasteiger partial charge in [-0.1, -0.05) is 38.1 Å². The van der Waals surface area contributed by atoms with Gasteiger partial charge in [0.15, 0.2) is 0 Å². The van der Waals surface area contributed by atoms with Gasteiger partial charge in [-0.2, -0.15) is 0 Å². The van der Waals surface area contributed by atoms with Crippen molar-refractivity contribution in [3.05, 3.63) is 64.9 Å². The summed E-state index contributed by atoms with van der Waals surface area (Å²) in [5.41, 5.74) is 6.50. The Morgan fingerprint density at radius 3 is 2.28 bits per heavy atom. The summed E-state index contributed by atoms with van der Waals surface area (Å²) in [5, 5.41) is 3.52. The van der Waals surface area contributed by atoms with E-state index in [4.69, 9.17) is 9.15 Å². The molecule has 1 heterocycles. The molecule has 1 aromatic heterocycles. The minimum absolute atomic E-state index is 0.281. The van der Waals surface area contributed by atoms with Gasteiger partial charge in [0.2, 0.25) is 0 Å². The van der Waals surface area contributed by atoms with Crippen LogP contribution in [0, 0.1) is 13.8 Å². The lowest BCUT2D eigenvalue weighted by atomic mass is 9.90. The first-order chi connectivity index (χ1) is 13.9. The van der Waals surface area contributed by atoms with Crippen LogP contribution in [-0.2, 0) is 17.6 Å². The third-order valence-electron chi connectivity index (χ3n) is 5.72. The van der Waals surface area contributed by atoms with Gasteiger partial charge >= 0.3 is 5.97 Å². The van der Waals surface area contributed by atoms with Crippen LogP contribution in [0.15, 0.2) is 46.9 Å². The number of benzene rings is 3. The number of furan rings is 1. The molecular formula is C26H26O3. The highest BCUT2D eigenvalue weighted by Gasteiger charge is 2.19. The second-order valence-electron chi connectivity index (χ2n) is 7.55. The molecule has 0 unspecified atom stereocenters. The van der Waals surface area contributed by atoms with Gasteiger partial charge in [0.05, 0.1) is 0 Å². The second kappa shape index (κ2) is 7.40. The Balaban J connectivity index is 2.12. The van der Waals surface area contributed by atoms with Crippen molar-refractivity contribution in [2.24, 2.45) is 0 Å². The number of aryl methyl sites for hydroxylation is 4. The average molecular weight is 386 g/mol. The third-order valence-corrected chi connectivity index (χ3v) is 5.72. The Morgan fingerprint density at radius 2 is 1.66 bits per heavy atom. The zero-order chi connectivity index (χ0) is 20.7. The summed E-state index contributed by atoms with van der Waals surface area (Å²) in [4.78, 5) is 11.7. The lowest BCUT2D eigenvalue weighted by Gasteiger charge is -2.17. The number of rotatable bonds is 4. The van der Waals surface area contributed by atoms with Crippen molar-refractivity contribution in [3.8, 4) is 16.9 Å². The highest BCUT2D eigenvalue weighted by molar-refractivity contribution is 6.12. The molecule has 0 saturated heterocycles. The number of carbonyl (C=O) groups excluding carboxylic acids is 1. The lowest BCUT2D eigenvalue weighted by molar-refractivity contribution is -0.132. The standard InChI is InChI=1S/C26H26O3/c1-6-18-12-21(13-19(7-2)26(18)29-17(5)27)25-22-11-9-8-10-20(22)14-23-24(25)15(3)16(4)28-23/h8-14H,6-7H2,1-5H3. The van der Waals surface area contributed by atoms with Crippen molar-refractivity contribution in [3.63, 3.8) is 0 Å². The molecule has 0 N–H and O–H groups in total. The number of esters is 1. The second-order valence-corrected chi connectivity index (χ2v) is 7.55. The van der Waals surface area contributed by atoms with E-state index in [0.29, 0.717) is 5.75 Å². The summed E-state index contributed by atoms with van der Waals surface area (Å²) < 4.78 is 11.7. The molecule has 0 aliphatic carbocycles. The van der Waals surface area contributed by atoms with E-state index >= 15 is 0 Å². The minimum Gasteiger partial charge on any atom is -0.461 e. The first kappa shape index (κ1) is 19.3. The fourth-order valence-electron chi connectivity index (χ4n) is 4.19. The molecule has 3 nitrogen and oxygen atoms in total. The first-order valence-electron chi connectivity index (χ1n) is 10.2. The molecule has 3 heteroatoms. The van der Waals surface area contributed by atoms with E-state index in [1.54, 1.807) is 0 Å². The molecule has 3 aromatic carbocycles. The Bertz CT molecular complexity index is 1220. The largest absolute Gasteiger partial charge is 0.461 e. The van der Waals surface area contributed by atoms with E-state index in [1.807, 2.05) is 6.92 Å². The first-order valence-corrected chi connectivity index (χ1v) is 10.2. The smallest absolute Gasteiger partial charge is 0.308 e. The van der Waals surface area contributed by atoms with Crippen LogP contribution in [0.1, 0.15) is 43.2 Å². The number of hydrogen-bond acceptors (Lipinski definition) is 3. The molecule has 4 rings (SSSR count). The zero-order valence-corrected chi connectivity index (χ0v) is 17.7. The van der Waals surface area contributed by atoms with Gasteiger partial charge in [-0.15, -0.1) is 0 Å². The maximum atomic E-state index is 11.7. The number of carbonyl (C=O) groups is 1. The molecule has 29 heavy (non-hydrogen) atoms. The quantitative estimate of drug-likeness (QED) is 0.282. The lowest BCUT2D eigenvalue weighted by Crippen LogP contribution is -2.07. The molecule has 0 saturated carbocycles. The summed E-state index contributed by atoms with van der Waals surface area (Å²) in [6.45, 7) is 9.78. The minimum atomic E-state index is -0.281. The predicted molar refractivity (Wildman–Crippen MR) is 119 cm³/mol. The zero-order valence-electron chi connectivity index (χ0n) is 17.7. The molecule has 0 aliphatic heterocycles. The van der Waals surface area contributed by atoms with Crippen molar-refractivity contribution in [2.75, 3.05) is 0 Å². The summed E-state index contributed by atoms with van der Waals surface area (Å²) in [6.07, 6.45) is 1.58. The molecular weight excluding hydrogens is 360 g/mol. The van der Waals surface area contributed by atoms with Gasteiger partial charge in [0.25, 0.3) is 0 Å². The van der Waals surface area contributed by atoms with Crippen LogP contribution in [0.2, 0.25) is 0 Å². The number of fused-ring (bicyclic) bond motifs is 2.